The first kappa shape index (κ1) is 23.9. The maximum atomic E-state index is 12.6. The minimum Gasteiger partial charge on any atom is -0.341 e. The van der Waals surface area contributed by atoms with Gasteiger partial charge in [-0.05, 0) is 24.1 Å². The Bertz CT molecular complexity index is 541. The number of amides is 1. The highest BCUT2D eigenvalue weighted by Crippen LogP contribution is 2.15. The van der Waals surface area contributed by atoms with Crippen molar-refractivity contribution in [3.8, 4) is 0 Å². The Morgan fingerprint density at radius 1 is 1.15 bits per heavy atom. The van der Waals surface area contributed by atoms with Gasteiger partial charge in [-0.2, -0.15) is 11.8 Å². The fraction of sp³-hybridized carbons (Fsp3) is 0.611. The van der Waals surface area contributed by atoms with Gasteiger partial charge >= 0.3 is 0 Å². The van der Waals surface area contributed by atoms with E-state index in [1.807, 2.05) is 23.9 Å². The van der Waals surface area contributed by atoms with Crippen LogP contribution in [0, 0.1) is 0 Å². The molecule has 0 saturated carbocycles. The van der Waals surface area contributed by atoms with Gasteiger partial charge in [0.05, 0.1) is 0 Å². The quantitative estimate of drug-likeness (QED) is 0.779. The highest BCUT2D eigenvalue weighted by Gasteiger charge is 2.23. The zero-order valence-electron chi connectivity index (χ0n) is 14.9. The van der Waals surface area contributed by atoms with Gasteiger partial charge in [0.25, 0.3) is 0 Å². The third-order valence-electron chi connectivity index (χ3n) is 4.68. The number of carbonyl (C=O) groups excluding carboxylic acids is 1. The van der Waals surface area contributed by atoms with E-state index in [1.54, 1.807) is 0 Å². The highest BCUT2D eigenvalue weighted by atomic mass is 35.5. The van der Waals surface area contributed by atoms with Crippen LogP contribution in [0.3, 0.4) is 0 Å². The average Bonchev–Trinajstić information content (AvgIpc) is 2.83. The summed E-state index contributed by atoms with van der Waals surface area (Å²) in [6, 6.07) is 8.41. The van der Waals surface area contributed by atoms with E-state index in [-0.39, 0.29) is 24.8 Å². The molecule has 3 rings (SSSR count). The third-order valence-corrected chi connectivity index (χ3v) is 6.06. The average molecular weight is 441 g/mol. The number of nitrogens with one attached hydrogen (secondary N) is 1. The van der Waals surface area contributed by atoms with Crippen molar-refractivity contribution in [3.63, 3.8) is 0 Å². The van der Waals surface area contributed by atoms with Gasteiger partial charge in [-0.1, -0.05) is 23.7 Å². The lowest BCUT2D eigenvalue weighted by Crippen LogP contribution is -2.43. The summed E-state index contributed by atoms with van der Waals surface area (Å²) in [5.41, 5.74) is 1.28. The van der Waals surface area contributed by atoms with Crippen molar-refractivity contribution in [2.75, 3.05) is 44.2 Å². The molecule has 1 amide bonds. The van der Waals surface area contributed by atoms with Crippen LogP contribution in [0.4, 0.5) is 0 Å². The van der Waals surface area contributed by atoms with Gasteiger partial charge in [-0.15, -0.1) is 24.8 Å². The molecule has 4 nitrogen and oxygen atoms in total. The minimum atomic E-state index is 0. The Morgan fingerprint density at radius 2 is 1.92 bits per heavy atom. The first-order valence-electron chi connectivity index (χ1n) is 8.76. The molecule has 0 aromatic heterocycles. The first-order chi connectivity index (χ1) is 11.7. The molecule has 2 fully saturated rings. The van der Waals surface area contributed by atoms with Crippen molar-refractivity contribution < 1.29 is 4.79 Å². The SMILES string of the molecule is Cl.Cl.O=C(CC1CSCCN1)N1CCCN(Cc2ccc(Cl)cc2)CC1. The maximum Gasteiger partial charge on any atom is 0.224 e. The lowest BCUT2D eigenvalue weighted by molar-refractivity contribution is -0.131. The number of rotatable bonds is 4. The summed E-state index contributed by atoms with van der Waals surface area (Å²) in [4.78, 5) is 17.1. The van der Waals surface area contributed by atoms with Crippen molar-refractivity contribution in [1.29, 1.82) is 0 Å². The summed E-state index contributed by atoms with van der Waals surface area (Å²) < 4.78 is 0. The van der Waals surface area contributed by atoms with Crippen molar-refractivity contribution in [3.05, 3.63) is 34.9 Å². The molecular formula is C18H28Cl3N3OS. The van der Waals surface area contributed by atoms with Crippen molar-refractivity contribution in [1.82, 2.24) is 15.1 Å². The van der Waals surface area contributed by atoms with Crippen LogP contribution in [0.5, 0.6) is 0 Å². The Morgan fingerprint density at radius 3 is 2.62 bits per heavy atom. The monoisotopic (exact) mass is 439 g/mol. The molecule has 2 saturated heterocycles. The molecule has 1 aromatic carbocycles. The number of hydrogen-bond acceptors (Lipinski definition) is 4. The van der Waals surface area contributed by atoms with Crippen LogP contribution in [-0.2, 0) is 11.3 Å². The topological polar surface area (TPSA) is 35.6 Å². The number of benzene rings is 1. The molecule has 0 radical (unpaired) electrons. The van der Waals surface area contributed by atoms with E-state index in [4.69, 9.17) is 11.6 Å². The second kappa shape index (κ2) is 12.3. The van der Waals surface area contributed by atoms with E-state index < -0.39 is 0 Å². The molecule has 26 heavy (non-hydrogen) atoms. The van der Waals surface area contributed by atoms with E-state index in [1.165, 1.54) is 5.56 Å². The molecule has 2 heterocycles. The molecule has 2 aliphatic heterocycles. The Labute approximate surface area is 178 Å². The standard InChI is InChI=1S/C18H26ClN3OS.2ClH/c19-16-4-2-15(3-5-16)13-21-7-1-8-22(10-9-21)18(23)12-17-14-24-11-6-20-17;;/h2-5,17,20H,1,6-14H2;2*1H. The van der Waals surface area contributed by atoms with Gasteiger partial charge < -0.3 is 10.2 Å². The van der Waals surface area contributed by atoms with Crippen molar-refractivity contribution >= 4 is 54.1 Å². The fourth-order valence-electron chi connectivity index (χ4n) is 3.32. The van der Waals surface area contributed by atoms with Crippen LogP contribution in [0.15, 0.2) is 24.3 Å². The molecule has 8 heteroatoms. The van der Waals surface area contributed by atoms with Gasteiger partial charge in [0, 0.05) is 68.3 Å². The van der Waals surface area contributed by atoms with Crippen LogP contribution < -0.4 is 5.32 Å². The fourth-order valence-corrected chi connectivity index (χ4v) is 4.39. The van der Waals surface area contributed by atoms with E-state index in [2.05, 4.69) is 27.2 Å². The van der Waals surface area contributed by atoms with Gasteiger partial charge in [-0.25, -0.2) is 0 Å². The van der Waals surface area contributed by atoms with Crippen LogP contribution >= 0.6 is 48.2 Å². The zero-order valence-corrected chi connectivity index (χ0v) is 18.1. The molecule has 148 valence electrons. The van der Waals surface area contributed by atoms with E-state index in [0.29, 0.717) is 18.4 Å². The summed E-state index contributed by atoms with van der Waals surface area (Å²) in [7, 11) is 0. The highest BCUT2D eigenvalue weighted by molar-refractivity contribution is 7.99. The molecule has 1 aromatic rings. The zero-order chi connectivity index (χ0) is 16.8. The van der Waals surface area contributed by atoms with Gasteiger partial charge in [-0.3, -0.25) is 9.69 Å². The summed E-state index contributed by atoms with van der Waals surface area (Å²) in [6.45, 7) is 5.67. The van der Waals surface area contributed by atoms with Crippen LogP contribution in [0.25, 0.3) is 0 Å². The lowest BCUT2D eigenvalue weighted by Gasteiger charge is -2.27. The van der Waals surface area contributed by atoms with Gasteiger partial charge in [0.15, 0.2) is 0 Å². The molecule has 1 unspecified atom stereocenters. The van der Waals surface area contributed by atoms with Crippen LogP contribution in [0.2, 0.25) is 5.02 Å². The number of thioether (sulfide) groups is 1. The lowest BCUT2D eigenvalue weighted by atomic mass is 10.2. The van der Waals surface area contributed by atoms with Gasteiger partial charge in [0.2, 0.25) is 5.91 Å². The largest absolute Gasteiger partial charge is 0.341 e. The molecule has 0 aliphatic carbocycles. The predicted molar refractivity (Wildman–Crippen MR) is 116 cm³/mol. The normalized spacial score (nSPS) is 21.3. The predicted octanol–water partition coefficient (Wildman–Crippen LogP) is 3.31. The van der Waals surface area contributed by atoms with Crippen molar-refractivity contribution in [2.24, 2.45) is 0 Å². The number of carbonyl (C=O) groups is 1. The first-order valence-corrected chi connectivity index (χ1v) is 10.3. The summed E-state index contributed by atoms with van der Waals surface area (Å²) >= 11 is 7.90. The Kier molecular flexibility index (Phi) is 11.3. The molecule has 1 N–H and O–H groups in total. The maximum absolute atomic E-state index is 12.6. The summed E-state index contributed by atoms with van der Waals surface area (Å²) in [5, 5.41) is 4.24. The second-order valence-corrected chi connectivity index (χ2v) is 8.15. The van der Waals surface area contributed by atoms with E-state index >= 15 is 0 Å². The van der Waals surface area contributed by atoms with Crippen LogP contribution in [0.1, 0.15) is 18.4 Å². The second-order valence-electron chi connectivity index (χ2n) is 6.57. The molecule has 0 spiro atoms. The number of halogens is 3. The molecule has 0 bridgehead atoms. The van der Waals surface area contributed by atoms with E-state index in [0.717, 1.165) is 62.2 Å². The van der Waals surface area contributed by atoms with Crippen LogP contribution in [-0.4, -0.2) is 66.0 Å². The summed E-state index contributed by atoms with van der Waals surface area (Å²) in [6.07, 6.45) is 1.69. The minimum absolute atomic E-state index is 0. The smallest absolute Gasteiger partial charge is 0.224 e. The molecular weight excluding hydrogens is 413 g/mol. The Balaban J connectivity index is 0.00000169. The van der Waals surface area contributed by atoms with Crippen molar-refractivity contribution in [2.45, 2.75) is 25.4 Å². The van der Waals surface area contributed by atoms with Gasteiger partial charge in [0.1, 0.15) is 0 Å². The Hall–Kier alpha value is -0.170. The molecule has 2 aliphatic rings. The van der Waals surface area contributed by atoms with E-state index in [9.17, 15) is 4.79 Å². The third kappa shape index (κ3) is 7.45. The summed E-state index contributed by atoms with van der Waals surface area (Å²) in [5.74, 6) is 2.53. The number of hydrogen-bond donors (Lipinski definition) is 1. The number of nitrogens with zero attached hydrogens (tertiary/aromatic N) is 2. The molecule has 1 atom stereocenters.